The van der Waals surface area contributed by atoms with E-state index in [0.29, 0.717) is 16.5 Å². The fraction of sp³-hybridized carbons (Fsp3) is 0.150. The number of benzene rings is 2. The van der Waals surface area contributed by atoms with E-state index in [1.165, 1.54) is 12.5 Å². The second kappa shape index (κ2) is 6.73. The van der Waals surface area contributed by atoms with Crippen LogP contribution in [0.15, 0.2) is 57.0 Å². The molecule has 0 saturated heterocycles. The van der Waals surface area contributed by atoms with Crippen LogP contribution in [-0.4, -0.2) is 12.1 Å². The maximum absolute atomic E-state index is 12.4. The Kier molecular flexibility index (Phi) is 4.48. The van der Waals surface area contributed by atoms with Crippen LogP contribution >= 0.6 is 0 Å². The first-order chi connectivity index (χ1) is 12.0. The van der Waals surface area contributed by atoms with Crippen molar-refractivity contribution in [1.82, 2.24) is 5.43 Å². The Balaban J connectivity index is 1.81. The number of fused-ring (bicyclic) bond motifs is 1. The molecule has 0 saturated carbocycles. The molecule has 0 unspecified atom stereocenters. The van der Waals surface area contributed by atoms with Gasteiger partial charge in [0.25, 0.3) is 5.91 Å². The highest BCUT2D eigenvalue weighted by atomic mass is 16.3. The average molecular weight is 334 g/mol. The fourth-order valence-corrected chi connectivity index (χ4v) is 2.46. The monoisotopic (exact) mass is 334 g/mol. The number of amides is 1. The maximum Gasteiger partial charge on any atom is 0.271 e. The van der Waals surface area contributed by atoms with Crippen LogP contribution < -0.4 is 10.9 Å². The second-order valence-corrected chi connectivity index (χ2v) is 6.02. The van der Waals surface area contributed by atoms with Crippen molar-refractivity contribution in [2.45, 2.75) is 20.8 Å². The molecule has 0 aliphatic rings. The molecule has 1 heterocycles. The molecule has 0 aliphatic carbocycles. The molecule has 3 aromatic rings. The number of nitrogens with zero attached hydrogens (tertiary/aromatic N) is 1. The van der Waals surface area contributed by atoms with E-state index in [4.69, 9.17) is 4.42 Å². The van der Waals surface area contributed by atoms with Crippen LogP contribution in [0.1, 0.15) is 32.6 Å². The van der Waals surface area contributed by atoms with Gasteiger partial charge in [-0.15, -0.1) is 0 Å². The van der Waals surface area contributed by atoms with Gasteiger partial charge in [-0.25, -0.2) is 5.43 Å². The second-order valence-electron chi connectivity index (χ2n) is 6.02. The zero-order valence-corrected chi connectivity index (χ0v) is 14.3. The van der Waals surface area contributed by atoms with Gasteiger partial charge in [-0.3, -0.25) is 9.59 Å². The zero-order valence-electron chi connectivity index (χ0n) is 14.3. The number of hydrogen-bond donors (Lipinski definition) is 1. The molecular formula is C20H18N2O3. The summed E-state index contributed by atoms with van der Waals surface area (Å²) in [5.74, 6) is -0.333. The molecule has 0 atom stereocenters. The number of carbonyl (C=O) groups excluding carboxylic acids is 1. The van der Waals surface area contributed by atoms with Crippen molar-refractivity contribution in [2.24, 2.45) is 5.10 Å². The third kappa shape index (κ3) is 3.50. The zero-order chi connectivity index (χ0) is 18.0. The lowest BCUT2D eigenvalue weighted by Gasteiger charge is -2.03. The first kappa shape index (κ1) is 16.6. The minimum atomic E-state index is -0.333. The van der Waals surface area contributed by atoms with Gasteiger partial charge in [-0.1, -0.05) is 17.7 Å². The Hall–Kier alpha value is -3.21. The summed E-state index contributed by atoms with van der Waals surface area (Å²) >= 11 is 0. The molecule has 3 rings (SSSR count). The Morgan fingerprint density at radius 2 is 1.88 bits per heavy atom. The molecule has 1 amide bonds. The van der Waals surface area contributed by atoms with Crippen LogP contribution in [0.2, 0.25) is 0 Å². The summed E-state index contributed by atoms with van der Waals surface area (Å²) in [7, 11) is 0. The molecule has 25 heavy (non-hydrogen) atoms. The minimum absolute atomic E-state index is 0.186. The van der Waals surface area contributed by atoms with Crippen molar-refractivity contribution < 1.29 is 9.21 Å². The molecule has 5 nitrogen and oxygen atoms in total. The highest BCUT2D eigenvalue weighted by Gasteiger charge is 2.07. The van der Waals surface area contributed by atoms with Crippen molar-refractivity contribution in [1.29, 1.82) is 0 Å². The summed E-state index contributed by atoms with van der Waals surface area (Å²) in [5, 5.41) is 4.37. The lowest BCUT2D eigenvalue weighted by molar-refractivity contribution is 0.0955. The predicted octanol–water partition coefficient (Wildman–Crippen LogP) is 3.48. The standard InChI is InChI=1S/C20H18N2O3/c1-12-4-7-18-17(8-12)19(23)16(11-25-18)10-21-22-20(24)15-6-5-13(2)14(3)9-15/h4-11H,1-3H3,(H,22,24)/b21-10+. The summed E-state index contributed by atoms with van der Waals surface area (Å²) in [6.07, 6.45) is 2.64. The fourth-order valence-electron chi connectivity index (χ4n) is 2.46. The topological polar surface area (TPSA) is 71.7 Å². The van der Waals surface area contributed by atoms with Gasteiger partial charge in [0.2, 0.25) is 5.43 Å². The van der Waals surface area contributed by atoms with E-state index in [2.05, 4.69) is 10.5 Å². The molecule has 1 aromatic heterocycles. The van der Waals surface area contributed by atoms with Gasteiger partial charge in [0.15, 0.2) is 0 Å². The van der Waals surface area contributed by atoms with Gasteiger partial charge in [0, 0.05) is 5.56 Å². The van der Waals surface area contributed by atoms with Crippen molar-refractivity contribution in [2.75, 3.05) is 0 Å². The molecule has 2 aromatic carbocycles. The van der Waals surface area contributed by atoms with Gasteiger partial charge >= 0.3 is 0 Å². The minimum Gasteiger partial charge on any atom is -0.463 e. The first-order valence-electron chi connectivity index (χ1n) is 7.88. The summed E-state index contributed by atoms with van der Waals surface area (Å²) in [4.78, 5) is 24.6. The normalized spacial score (nSPS) is 11.2. The van der Waals surface area contributed by atoms with Crippen molar-refractivity contribution >= 4 is 23.1 Å². The Labute approximate surface area is 145 Å². The quantitative estimate of drug-likeness (QED) is 0.589. The van der Waals surface area contributed by atoms with Gasteiger partial charge in [-0.2, -0.15) is 5.10 Å². The predicted molar refractivity (Wildman–Crippen MR) is 98.2 cm³/mol. The molecule has 0 aliphatic heterocycles. The molecule has 0 spiro atoms. The van der Waals surface area contributed by atoms with Gasteiger partial charge in [-0.05, 0) is 56.2 Å². The lowest BCUT2D eigenvalue weighted by Crippen LogP contribution is -2.18. The Bertz CT molecular complexity index is 1050. The third-order valence-electron chi connectivity index (χ3n) is 4.09. The SMILES string of the molecule is Cc1ccc2occ(/C=N/NC(=O)c3ccc(C)c(C)c3)c(=O)c2c1. The van der Waals surface area contributed by atoms with Gasteiger partial charge < -0.3 is 4.42 Å². The number of hydrazone groups is 1. The number of nitrogens with one attached hydrogen (secondary N) is 1. The maximum atomic E-state index is 12.4. The summed E-state index contributed by atoms with van der Waals surface area (Å²) in [5.41, 5.74) is 6.67. The smallest absolute Gasteiger partial charge is 0.271 e. The summed E-state index contributed by atoms with van der Waals surface area (Å²) < 4.78 is 5.45. The Morgan fingerprint density at radius 3 is 2.64 bits per heavy atom. The molecule has 126 valence electrons. The van der Waals surface area contributed by atoms with Crippen LogP contribution in [0.4, 0.5) is 0 Å². The van der Waals surface area contributed by atoms with Crippen LogP contribution in [0, 0.1) is 20.8 Å². The average Bonchev–Trinajstić information content (AvgIpc) is 2.59. The first-order valence-corrected chi connectivity index (χ1v) is 7.88. The Morgan fingerprint density at radius 1 is 1.08 bits per heavy atom. The van der Waals surface area contributed by atoms with E-state index in [-0.39, 0.29) is 16.9 Å². The molecule has 0 bridgehead atoms. The number of carbonyl (C=O) groups is 1. The van der Waals surface area contributed by atoms with E-state index in [1.54, 1.807) is 24.3 Å². The number of hydrogen-bond acceptors (Lipinski definition) is 4. The number of rotatable bonds is 3. The molecule has 0 fully saturated rings. The number of aryl methyl sites for hydroxylation is 3. The van der Waals surface area contributed by atoms with Crippen molar-refractivity contribution in [3.05, 3.63) is 80.7 Å². The molecular weight excluding hydrogens is 316 g/mol. The molecule has 5 heteroatoms. The lowest BCUT2D eigenvalue weighted by atomic mass is 10.1. The van der Waals surface area contributed by atoms with Crippen LogP contribution in [0.3, 0.4) is 0 Å². The highest BCUT2D eigenvalue weighted by Crippen LogP contribution is 2.13. The van der Waals surface area contributed by atoms with Gasteiger partial charge in [0.1, 0.15) is 11.8 Å². The largest absolute Gasteiger partial charge is 0.463 e. The third-order valence-corrected chi connectivity index (χ3v) is 4.09. The van der Waals surface area contributed by atoms with Crippen LogP contribution in [-0.2, 0) is 0 Å². The van der Waals surface area contributed by atoms with Gasteiger partial charge in [0.05, 0.1) is 17.2 Å². The van der Waals surface area contributed by atoms with E-state index in [0.717, 1.165) is 16.7 Å². The van der Waals surface area contributed by atoms with Crippen LogP contribution in [0.25, 0.3) is 11.0 Å². The van der Waals surface area contributed by atoms with E-state index in [1.807, 2.05) is 32.9 Å². The van der Waals surface area contributed by atoms with E-state index >= 15 is 0 Å². The molecule has 0 radical (unpaired) electrons. The summed E-state index contributed by atoms with van der Waals surface area (Å²) in [6.45, 7) is 5.83. The van der Waals surface area contributed by atoms with E-state index < -0.39 is 0 Å². The summed E-state index contributed by atoms with van der Waals surface area (Å²) in [6, 6.07) is 10.8. The van der Waals surface area contributed by atoms with E-state index in [9.17, 15) is 9.59 Å². The van der Waals surface area contributed by atoms with Crippen molar-refractivity contribution in [3.8, 4) is 0 Å². The van der Waals surface area contributed by atoms with Crippen LogP contribution in [0.5, 0.6) is 0 Å². The molecule has 1 N–H and O–H groups in total. The van der Waals surface area contributed by atoms with Crippen molar-refractivity contribution in [3.63, 3.8) is 0 Å². The highest BCUT2D eigenvalue weighted by molar-refractivity contribution is 5.95.